The summed E-state index contributed by atoms with van der Waals surface area (Å²) in [4.78, 5) is 8.57. The maximum absolute atomic E-state index is 14.8. The molecule has 3 nitrogen and oxygen atoms in total. The topological polar surface area (TPSA) is 19.4 Å². The first-order valence-electron chi connectivity index (χ1n) is 8.37. The number of alkyl halides is 2. The summed E-state index contributed by atoms with van der Waals surface area (Å²) in [6.45, 7) is 2.70. The number of para-hydroxylation sites is 1. The Hall–Kier alpha value is -1.53. The number of rotatable bonds is 3. The van der Waals surface area contributed by atoms with Crippen molar-refractivity contribution in [3.05, 3.63) is 46.9 Å². The second-order valence-corrected chi connectivity index (χ2v) is 7.86. The van der Waals surface area contributed by atoms with Gasteiger partial charge in [0.15, 0.2) is 0 Å². The number of likely N-dealkylation sites (tertiary alicyclic amines) is 1. The Morgan fingerprint density at radius 2 is 1.92 bits per heavy atom. The molecule has 1 aromatic carbocycles. The number of aromatic nitrogens is 1. The average Bonchev–Trinajstić information content (AvgIpc) is 3.23. The van der Waals surface area contributed by atoms with E-state index in [1.807, 2.05) is 35.7 Å². The lowest BCUT2D eigenvalue weighted by Gasteiger charge is -2.45. The van der Waals surface area contributed by atoms with E-state index >= 15 is 0 Å². The highest BCUT2D eigenvalue weighted by molar-refractivity contribution is 7.09. The van der Waals surface area contributed by atoms with Crippen LogP contribution in [0.15, 0.2) is 41.9 Å². The van der Waals surface area contributed by atoms with Gasteiger partial charge in [-0.1, -0.05) is 18.2 Å². The van der Waals surface area contributed by atoms with Crippen molar-refractivity contribution in [1.29, 1.82) is 0 Å². The molecule has 0 aliphatic carbocycles. The summed E-state index contributed by atoms with van der Waals surface area (Å²) in [6.07, 6.45) is 2.27. The molecular weight excluding hydrogens is 328 g/mol. The summed E-state index contributed by atoms with van der Waals surface area (Å²) in [7, 11) is 0. The molecule has 0 bridgehead atoms. The van der Waals surface area contributed by atoms with Crippen molar-refractivity contribution in [2.45, 2.75) is 25.3 Å². The number of halogens is 2. The lowest BCUT2D eigenvalue weighted by molar-refractivity contribution is -0.158. The number of benzene rings is 1. The van der Waals surface area contributed by atoms with Crippen LogP contribution >= 0.6 is 11.3 Å². The average molecular weight is 349 g/mol. The maximum Gasteiger partial charge on any atom is 0.257 e. The van der Waals surface area contributed by atoms with E-state index in [9.17, 15) is 8.78 Å². The Balaban J connectivity index is 1.53. The Morgan fingerprint density at radius 1 is 1.08 bits per heavy atom. The Labute approximate surface area is 144 Å². The van der Waals surface area contributed by atoms with Gasteiger partial charge in [-0.2, -0.15) is 0 Å². The van der Waals surface area contributed by atoms with Crippen LogP contribution in [0.2, 0.25) is 0 Å². The fourth-order valence-electron chi connectivity index (χ4n) is 4.00. The molecule has 24 heavy (non-hydrogen) atoms. The van der Waals surface area contributed by atoms with E-state index in [4.69, 9.17) is 0 Å². The first kappa shape index (κ1) is 16.0. The van der Waals surface area contributed by atoms with Crippen LogP contribution in [0.1, 0.15) is 17.8 Å². The second-order valence-electron chi connectivity index (χ2n) is 6.88. The summed E-state index contributed by atoms with van der Waals surface area (Å²) in [5.74, 6) is -2.60. The Kier molecular flexibility index (Phi) is 4.04. The molecule has 0 radical (unpaired) electrons. The third-order valence-corrected chi connectivity index (χ3v) is 6.13. The fourth-order valence-corrected chi connectivity index (χ4v) is 4.66. The van der Waals surface area contributed by atoms with Gasteiger partial charge in [0, 0.05) is 49.9 Å². The summed E-state index contributed by atoms with van der Waals surface area (Å²) in [6, 6.07) is 9.91. The van der Waals surface area contributed by atoms with Crippen LogP contribution in [0.25, 0.3) is 0 Å². The molecule has 2 fully saturated rings. The largest absolute Gasteiger partial charge is 0.371 e. The predicted octanol–water partition coefficient (Wildman–Crippen LogP) is 3.88. The van der Waals surface area contributed by atoms with Crippen LogP contribution in [0, 0.1) is 5.41 Å². The van der Waals surface area contributed by atoms with E-state index in [1.165, 1.54) is 0 Å². The van der Waals surface area contributed by atoms with Crippen LogP contribution in [-0.4, -0.2) is 42.0 Å². The number of piperidine rings is 1. The molecule has 2 saturated heterocycles. The van der Waals surface area contributed by atoms with Crippen molar-refractivity contribution in [2.75, 3.05) is 31.1 Å². The number of hydrogen-bond donors (Lipinski definition) is 0. The van der Waals surface area contributed by atoms with E-state index in [0.29, 0.717) is 39.1 Å². The minimum absolute atomic E-state index is 0.0546. The van der Waals surface area contributed by atoms with Crippen LogP contribution in [-0.2, 0) is 6.54 Å². The normalized spacial score (nSPS) is 27.0. The van der Waals surface area contributed by atoms with E-state index in [0.717, 1.165) is 10.7 Å². The summed E-state index contributed by atoms with van der Waals surface area (Å²) in [5, 5.41) is 2.95. The molecule has 128 valence electrons. The fraction of sp³-hybridized carbons (Fsp3) is 0.500. The minimum atomic E-state index is -2.60. The SMILES string of the molecule is FC1(F)CCN(Cc2nccs2)C[C@]12CCN(c1ccccc1)C2. The number of nitrogens with zero attached hydrogens (tertiary/aromatic N) is 3. The predicted molar refractivity (Wildman–Crippen MR) is 92.7 cm³/mol. The molecule has 2 aliphatic heterocycles. The number of anilines is 1. The van der Waals surface area contributed by atoms with E-state index in [-0.39, 0.29) is 6.42 Å². The molecule has 0 unspecified atom stereocenters. The van der Waals surface area contributed by atoms with E-state index in [1.54, 1.807) is 17.5 Å². The van der Waals surface area contributed by atoms with Crippen molar-refractivity contribution in [3.8, 4) is 0 Å². The maximum atomic E-state index is 14.8. The molecule has 4 rings (SSSR count). The Bertz CT molecular complexity index is 677. The standard InChI is InChI=1S/C18H21F2N3S/c19-18(20)7-9-22(12-16-21-8-11-24-16)13-17(18)6-10-23(14-17)15-4-2-1-3-5-15/h1-5,8,11H,6-7,9-10,12-14H2/t17-/m0/s1. The highest BCUT2D eigenvalue weighted by Gasteiger charge is 2.59. The third kappa shape index (κ3) is 2.82. The van der Waals surface area contributed by atoms with Gasteiger partial charge >= 0.3 is 0 Å². The van der Waals surface area contributed by atoms with Crippen molar-refractivity contribution in [3.63, 3.8) is 0 Å². The summed E-state index contributed by atoms with van der Waals surface area (Å²) < 4.78 is 29.7. The van der Waals surface area contributed by atoms with Gasteiger partial charge in [0.05, 0.1) is 12.0 Å². The zero-order valence-electron chi connectivity index (χ0n) is 13.5. The van der Waals surface area contributed by atoms with Gasteiger partial charge in [-0.3, -0.25) is 4.90 Å². The van der Waals surface area contributed by atoms with Gasteiger partial charge in [0.2, 0.25) is 0 Å². The zero-order valence-corrected chi connectivity index (χ0v) is 14.3. The van der Waals surface area contributed by atoms with Gasteiger partial charge in [0.25, 0.3) is 5.92 Å². The zero-order chi connectivity index (χ0) is 16.6. The van der Waals surface area contributed by atoms with Crippen LogP contribution in [0.5, 0.6) is 0 Å². The molecule has 3 heterocycles. The first-order valence-corrected chi connectivity index (χ1v) is 9.25. The van der Waals surface area contributed by atoms with Crippen molar-refractivity contribution in [2.24, 2.45) is 5.41 Å². The molecule has 6 heteroatoms. The van der Waals surface area contributed by atoms with Gasteiger partial charge in [-0.05, 0) is 18.6 Å². The first-order chi connectivity index (χ1) is 11.6. The highest BCUT2D eigenvalue weighted by atomic mass is 32.1. The molecule has 1 atom stereocenters. The summed E-state index contributed by atoms with van der Waals surface area (Å²) >= 11 is 1.59. The third-order valence-electron chi connectivity index (χ3n) is 5.36. The molecule has 1 spiro atoms. The van der Waals surface area contributed by atoms with Crippen molar-refractivity contribution < 1.29 is 8.78 Å². The second kappa shape index (κ2) is 6.08. The molecule has 2 aromatic rings. The lowest BCUT2D eigenvalue weighted by atomic mass is 9.75. The number of thiazole rings is 1. The smallest absolute Gasteiger partial charge is 0.257 e. The van der Waals surface area contributed by atoms with Crippen molar-refractivity contribution in [1.82, 2.24) is 9.88 Å². The van der Waals surface area contributed by atoms with E-state index in [2.05, 4.69) is 14.8 Å². The van der Waals surface area contributed by atoms with Crippen molar-refractivity contribution >= 4 is 17.0 Å². The molecule has 2 aliphatic rings. The number of hydrogen-bond acceptors (Lipinski definition) is 4. The highest BCUT2D eigenvalue weighted by Crippen LogP contribution is 2.50. The van der Waals surface area contributed by atoms with Gasteiger partial charge in [-0.15, -0.1) is 11.3 Å². The van der Waals surface area contributed by atoms with Gasteiger partial charge < -0.3 is 4.90 Å². The van der Waals surface area contributed by atoms with Crippen LogP contribution in [0.4, 0.5) is 14.5 Å². The monoisotopic (exact) mass is 349 g/mol. The molecule has 0 saturated carbocycles. The van der Waals surface area contributed by atoms with Crippen LogP contribution in [0.3, 0.4) is 0 Å². The van der Waals surface area contributed by atoms with Crippen LogP contribution < -0.4 is 4.90 Å². The van der Waals surface area contributed by atoms with Gasteiger partial charge in [-0.25, -0.2) is 13.8 Å². The minimum Gasteiger partial charge on any atom is -0.371 e. The molecule has 0 amide bonds. The van der Waals surface area contributed by atoms with E-state index < -0.39 is 11.3 Å². The lowest BCUT2D eigenvalue weighted by Crippen LogP contribution is -2.56. The molecular formula is C18H21F2N3S. The quantitative estimate of drug-likeness (QED) is 0.838. The molecule has 0 N–H and O–H groups in total. The molecule has 1 aromatic heterocycles. The van der Waals surface area contributed by atoms with Gasteiger partial charge in [0.1, 0.15) is 5.01 Å². The Morgan fingerprint density at radius 3 is 2.67 bits per heavy atom. The summed E-state index contributed by atoms with van der Waals surface area (Å²) in [5.41, 5.74) is 0.0976.